The predicted molar refractivity (Wildman–Crippen MR) is 84.2 cm³/mol. The van der Waals surface area contributed by atoms with Crippen LogP contribution in [0.15, 0.2) is 54.7 Å². The maximum Gasteiger partial charge on any atom is 0.277 e. The first-order chi connectivity index (χ1) is 11.5. The maximum atomic E-state index is 13.7. The van der Waals surface area contributed by atoms with E-state index in [4.69, 9.17) is 5.73 Å². The van der Waals surface area contributed by atoms with E-state index < -0.39 is 17.6 Å². The lowest BCUT2D eigenvalue weighted by molar-refractivity contribution is 0.0990. The SMILES string of the molecule is NC(=O)c1cccc(NC(=O)c2ccn(-c3ccccc3F)n2)n1. The summed E-state index contributed by atoms with van der Waals surface area (Å²) in [6.45, 7) is 0. The number of hydrogen-bond acceptors (Lipinski definition) is 4. The highest BCUT2D eigenvalue weighted by Gasteiger charge is 2.13. The van der Waals surface area contributed by atoms with E-state index in [1.807, 2.05) is 0 Å². The Labute approximate surface area is 135 Å². The summed E-state index contributed by atoms with van der Waals surface area (Å²) in [5.74, 6) is -1.53. The molecule has 0 fully saturated rings. The number of carbonyl (C=O) groups excluding carboxylic acids is 2. The summed E-state index contributed by atoms with van der Waals surface area (Å²) in [5, 5.41) is 6.55. The molecule has 2 aromatic heterocycles. The van der Waals surface area contributed by atoms with Crippen LogP contribution in [-0.4, -0.2) is 26.6 Å². The zero-order valence-corrected chi connectivity index (χ0v) is 12.3. The summed E-state index contributed by atoms with van der Waals surface area (Å²) in [5.41, 5.74) is 5.47. The summed E-state index contributed by atoms with van der Waals surface area (Å²) >= 11 is 0. The normalized spacial score (nSPS) is 10.4. The number of rotatable bonds is 4. The minimum Gasteiger partial charge on any atom is -0.364 e. The van der Waals surface area contributed by atoms with Gasteiger partial charge in [-0.1, -0.05) is 18.2 Å². The molecule has 0 aliphatic carbocycles. The Bertz CT molecular complexity index is 922. The average Bonchev–Trinajstić information content (AvgIpc) is 3.05. The molecule has 2 amide bonds. The number of pyridine rings is 1. The second-order valence-corrected chi connectivity index (χ2v) is 4.82. The molecule has 0 saturated heterocycles. The minimum absolute atomic E-state index is 0.0321. The number of hydrogen-bond donors (Lipinski definition) is 2. The van der Waals surface area contributed by atoms with Crippen molar-refractivity contribution in [1.29, 1.82) is 0 Å². The molecule has 0 saturated carbocycles. The molecule has 0 aliphatic heterocycles. The lowest BCUT2D eigenvalue weighted by Gasteiger charge is -2.04. The number of nitrogens with two attached hydrogens (primary N) is 1. The molecule has 3 rings (SSSR count). The van der Waals surface area contributed by atoms with Gasteiger partial charge in [-0.15, -0.1) is 0 Å². The van der Waals surface area contributed by atoms with Crippen molar-refractivity contribution in [3.8, 4) is 5.69 Å². The van der Waals surface area contributed by atoms with Crippen molar-refractivity contribution in [3.05, 3.63) is 71.9 Å². The molecular weight excluding hydrogens is 313 g/mol. The third kappa shape index (κ3) is 3.12. The van der Waals surface area contributed by atoms with Crippen molar-refractivity contribution in [3.63, 3.8) is 0 Å². The van der Waals surface area contributed by atoms with Crippen molar-refractivity contribution < 1.29 is 14.0 Å². The van der Waals surface area contributed by atoms with Crippen molar-refractivity contribution >= 4 is 17.6 Å². The summed E-state index contributed by atoms with van der Waals surface area (Å²) < 4.78 is 15.0. The van der Waals surface area contributed by atoms with E-state index in [-0.39, 0.29) is 22.9 Å². The first-order valence-corrected chi connectivity index (χ1v) is 6.93. The van der Waals surface area contributed by atoms with E-state index in [0.717, 1.165) is 0 Å². The molecule has 7 nitrogen and oxygen atoms in total. The number of halogens is 1. The van der Waals surface area contributed by atoms with Gasteiger partial charge in [-0.2, -0.15) is 5.10 Å². The Morgan fingerprint density at radius 1 is 1.04 bits per heavy atom. The average molecular weight is 325 g/mol. The molecule has 0 atom stereocenters. The molecule has 3 aromatic rings. The fraction of sp³-hybridized carbons (Fsp3) is 0. The molecule has 3 N–H and O–H groups in total. The van der Waals surface area contributed by atoms with Gasteiger partial charge in [0.1, 0.15) is 23.0 Å². The van der Waals surface area contributed by atoms with Crippen LogP contribution in [0.4, 0.5) is 10.2 Å². The van der Waals surface area contributed by atoms with Gasteiger partial charge in [0.05, 0.1) is 0 Å². The number of aromatic nitrogens is 3. The van der Waals surface area contributed by atoms with Crippen LogP contribution in [-0.2, 0) is 0 Å². The highest BCUT2D eigenvalue weighted by molar-refractivity contribution is 6.02. The Kier molecular flexibility index (Phi) is 4.02. The van der Waals surface area contributed by atoms with Gasteiger partial charge in [0.2, 0.25) is 0 Å². The molecule has 8 heteroatoms. The first-order valence-electron chi connectivity index (χ1n) is 6.93. The minimum atomic E-state index is -0.699. The molecular formula is C16H12FN5O2. The molecule has 0 radical (unpaired) electrons. The number of amides is 2. The van der Waals surface area contributed by atoms with Gasteiger partial charge in [-0.3, -0.25) is 9.59 Å². The van der Waals surface area contributed by atoms with E-state index >= 15 is 0 Å². The topological polar surface area (TPSA) is 103 Å². The predicted octanol–water partition coefficient (Wildman–Crippen LogP) is 1.76. The standard InChI is InChI=1S/C16H12FN5O2/c17-10-4-1-2-6-13(10)22-9-8-12(21-22)16(24)20-14-7-3-5-11(19-14)15(18)23/h1-9H,(H2,18,23)(H,19,20,24). The highest BCUT2D eigenvalue weighted by Crippen LogP contribution is 2.13. The summed E-state index contributed by atoms with van der Waals surface area (Å²) in [7, 11) is 0. The van der Waals surface area contributed by atoms with E-state index in [9.17, 15) is 14.0 Å². The van der Waals surface area contributed by atoms with E-state index in [1.54, 1.807) is 24.3 Å². The highest BCUT2D eigenvalue weighted by atomic mass is 19.1. The lowest BCUT2D eigenvalue weighted by Crippen LogP contribution is -2.17. The molecule has 0 unspecified atom stereocenters. The molecule has 0 bridgehead atoms. The van der Waals surface area contributed by atoms with E-state index in [2.05, 4.69) is 15.4 Å². The summed E-state index contributed by atoms with van der Waals surface area (Å²) in [4.78, 5) is 27.2. The van der Waals surface area contributed by atoms with E-state index in [0.29, 0.717) is 0 Å². The Hall–Kier alpha value is -3.55. The van der Waals surface area contributed by atoms with Gasteiger partial charge in [0.15, 0.2) is 5.69 Å². The van der Waals surface area contributed by atoms with Gasteiger partial charge in [-0.25, -0.2) is 14.1 Å². The van der Waals surface area contributed by atoms with Gasteiger partial charge < -0.3 is 11.1 Å². The fourth-order valence-electron chi connectivity index (χ4n) is 2.04. The zero-order chi connectivity index (χ0) is 17.1. The van der Waals surface area contributed by atoms with Crippen molar-refractivity contribution in [1.82, 2.24) is 14.8 Å². The largest absolute Gasteiger partial charge is 0.364 e. The molecule has 0 aliphatic rings. The molecule has 120 valence electrons. The number of nitrogens with zero attached hydrogens (tertiary/aromatic N) is 3. The van der Waals surface area contributed by atoms with Crippen LogP contribution in [0.2, 0.25) is 0 Å². The third-order valence-corrected chi connectivity index (χ3v) is 3.16. The smallest absolute Gasteiger partial charge is 0.277 e. The first kappa shape index (κ1) is 15.3. The third-order valence-electron chi connectivity index (χ3n) is 3.16. The number of benzene rings is 1. The zero-order valence-electron chi connectivity index (χ0n) is 12.3. The lowest BCUT2D eigenvalue weighted by atomic mass is 10.3. The molecule has 2 heterocycles. The fourth-order valence-corrected chi connectivity index (χ4v) is 2.04. The van der Waals surface area contributed by atoms with Gasteiger partial charge in [-0.05, 0) is 30.3 Å². The summed E-state index contributed by atoms with van der Waals surface area (Å²) in [6, 6.07) is 12.0. The second kappa shape index (κ2) is 6.29. The quantitative estimate of drug-likeness (QED) is 0.763. The van der Waals surface area contributed by atoms with Crippen molar-refractivity contribution in [2.45, 2.75) is 0 Å². The number of para-hydroxylation sites is 1. The maximum absolute atomic E-state index is 13.7. The Morgan fingerprint density at radius 3 is 2.58 bits per heavy atom. The van der Waals surface area contributed by atoms with Crippen LogP contribution in [0.1, 0.15) is 21.0 Å². The van der Waals surface area contributed by atoms with Gasteiger partial charge in [0, 0.05) is 6.20 Å². The second-order valence-electron chi connectivity index (χ2n) is 4.82. The van der Waals surface area contributed by atoms with Crippen LogP contribution in [0, 0.1) is 5.82 Å². The van der Waals surface area contributed by atoms with E-state index in [1.165, 1.54) is 35.1 Å². The molecule has 24 heavy (non-hydrogen) atoms. The van der Waals surface area contributed by atoms with Gasteiger partial charge in [0.25, 0.3) is 11.8 Å². The van der Waals surface area contributed by atoms with Crippen molar-refractivity contribution in [2.24, 2.45) is 5.73 Å². The summed E-state index contributed by atoms with van der Waals surface area (Å²) in [6.07, 6.45) is 1.47. The van der Waals surface area contributed by atoms with Gasteiger partial charge >= 0.3 is 0 Å². The number of nitrogens with one attached hydrogen (secondary N) is 1. The van der Waals surface area contributed by atoms with Crippen LogP contribution in [0.3, 0.4) is 0 Å². The Morgan fingerprint density at radius 2 is 1.83 bits per heavy atom. The van der Waals surface area contributed by atoms with Crippen LogP contribution in [0.25, 0.3) is 5.69 Å². The monoisotopic (exact) mass is 325 g/mol. The number of primary amides is 1. The molecule has 0 spiro atoms. The number of carbonyl (C=O) groups is 2. The van der Waals surface area contributed by atoms with Crippen molar-refractivity contribution in [2.75, 3.05) is 5.32 Å². The Balaban J connectivity index is 1.81. The van der Waals surface area contributed by atoms with Crippen LogP contribution >= 0.6 is 0 Å². The van der Waals surface area contributed by atoms with Crippen LogP contribution in [0.5, 0.6) is 0 Å². The van der Waals surface area contributed by atoms with Crippen LogP contribution < -0.4 is 11.1 Å². The number of anilines is 1. The molecule has 1 aromatic carbocycles.